The summed E-state index contributed by atoms with van der Waals surface area (Å²) < 4.78 is 6.16. The summed E-state index contributed by atoms with van der Waals surface area (Å²) in [4.78, 5) is 10.7. The largest absolute Gasteiger partial charge is 0.395 e. The van der Waals surface area contributed by atoms with Crippen LogP contribution in [0.1, 0.15) is 5.56 Å². The molecule has 1 N–H and O–H groups in total. The van der Waals surface area contributed by atoms with Gasteiger partial charge in [0.05, 0.1) is 23.4 Å². The van der Waals surface area contributed by atoms with Crippen molar-refractivity contribution in [3.8, 4) is 0 Å². The number of aryl methyl sites for hydroxylation is 1. The first-order chi connectivity index (χ1) is 8.77. The maximum atomic E-state index is 9.15. The zero-order chi connectivity index (χ0) is 13.0. The molecular formula is C12H17N3O2S. The average molecular weight is 267 g/mol. The average Bonchev–Trinajstić information content (AvgIpc) is 2.77. The molecule has 2 aromatic rings. The molecule has 2 rings (SSSR count). The lowest BCUT2D eigenvalue weighted by atomic mass is 10.3. The van der Waals surface area contributed by atoms with Crippen LogP contribution in [0.5, 0.6) is 0 Å². The van der Waals surface area contributed by atoms with Crippen LogP contribution in [0.3, 0.4) is 0 Å². The molecule has 0 fully saturated rings. The number of hydrogen-bond acceptors (Lipinski definition) is 6. The first-order valence-electron chi connectivity index (χ1n) is 5.81. The van der Waals surface area contributed by atoms with Crippen LogP contribution in [-0.2, 0) is 4.74 Å². The van der Waals surface area contributed by atoms with Crippen LogP contribution < -0.4 is 4.90 Å². The van der Waals surface area contributed by atoms with E-state index < -0.39 is 0 Å². The van der Waals surface area contributed by atoms with Gasteiger partial charge in [0.15, 0.2) is 0 Å². The maximum Gasteiger partial charge on any atom is 0.150 e. The van der Waals surface area contributed by atoms with E-state index in [1.807, 2.05) is 11.8 Å². The molecule has 0 saturated heterocycles. The van der Waals surface area contributed by atoms with E-state index >= 15 is 0 Å². The molecule has 0 aliphatic carbocycles. The van der Waals surface area contributed by atoms with Gasteiger partial charge in [-0.2, -0.15) is 0 Å². The molecule has 0 saturated carbocycles. The summed E-state index contributed by atoms with van der Waals surface area (Å²) in [6.45, 7) is 4.00. The van der Waals surface area contributed by atoms with Crippen LogP contribution in [0.25, 0.3) is 10.2 Å². The number of anilines is 1. The molecule has 18 heavy (non-hydrogen) atoms. The van der Waals surface area contributed by atoms with Gasteiger partial charge in [0.25, 0.3) is 0 Å². The minimum Gasteiger partial charge on any atom is -0.395 e. The number of thiophene rings is 1. The van der Waals surface area contributed by atoms with E-state index in [1.54, 1.807) is 24.8 Å². The summed E-state index contributed by atoms with van der Waals surface area (Å²) in [5.41, 5.74) is 2.15. The molecule has 0 spiro atoms. The van der Waals surface area contributed by atoms with E-state index in [0.717, 1.165) is 21.6 Å². The van der Waals surface area contributed by atoms with Crippen molar-refractivity contribution >= 4 is 27.4 Å². The summed E-state index contributed by atoms with van der Waals surface area (Å²) in [7, 11) is 1.67. The summed E-state index contributed by atoms with van der Waals surface area (Å²) in [6.07, 6.45) is 1.58. The van der Waals surface area contributed by atoms with Gasteiger partial charge in [-0.3, -0.25) is 0 Å². The van der Waals surface area contributed by atoms with Crippen LogP contribution in [-0.4, -0.2) is 48.5 Å². The molecule has 5 nitrogen and oxygen atoms in total. The molecule has 98 valence electrons. The Kier molecular flexibility index (Phi) is 4.46. The number of aliphatic hydroxyl groups is 1. The topological polar surface area (TPSA) is 58.5 Å². The van der Waals surface area contributed by atoms with Crippen molar-refractivity contribution in [2.24, 2.45) is 0 Å². The molecule has 2 aromatic heterocycles. The van der Waals surface area contributed by atoms with Crippen molar-refractivity contribution in [1.29, 1.82) is 0 Å². The molecule has 2 heterocycles. The monoisotopic (exact) mass is 267 g/mol. The van der Waals surface area contributed by atoms with Gasteiger partial charge >= 0.3 is 0 Å². The Balaban J connectivity index is 2.36. The van der Waals surface area contributed by atoms with Gasteiger partial charge in [-0.05, 0) is 17.9 Å². The molecule has 0 aliphatic rings. The van der Waals surface area contributed by atoms with Crippen LogP contribution in [0.15, 0.2) is 11.7 Å². The second-order valence-corrected chi connectivity index (χ2v) is 4.88. The fourth-order valence-electron chi connectivity index (χ4n) is 1.83. The summed E-state index contributed by atoms with van der Waals surface area (Å²) in [5.74, 6) is 0.879. The van der Waals surface area contributed by atoms with Gasteiger partial charge in [-0.15, -0.1) is 11.3 Å². The second kappa shape index (κ2) is 6.08. The Hall–Kier alpha value is -1.24. The smallest absolute Gasteiger partial charge is 0.150 e. The zero-order valence-electron chi connectivity index (χ0n) is 10.6. The Morgan fingerprint density at radius 2 is 2.22 bits per heavy atom. The van der Waals surface area contributed by atoms with Gasteiger partial charge in [-0.25, -0.2) is 9.97 Å². The van der Waals surface area contributed by atoms with Gasteiger partial charge < -0.3 is 14.7 Å². The van der Waals surface area contributed by atoms with Crippen molar-refractivity contribution < 1.29 is 9.84 Å². The first kappa shape index (κ1) is 13.2. The highest BCUT2D eigenvalue weighted by molar-refractivity contribution is 7.18. The quantitative estimate of drug-likeness (QED) is 0.858. The molecule has 0 radical (unpaired) electrons. The molecule has 0 amide bonds. The van der Waals surface area contributed by atoms with E-state index in [4.69, 9.17) is 9.84 Å². The highest BCUT2D eigenvalue weighted by Crippen LogP contribution is 2.30. The zero-order valence-corrected chi connectivity index (χ0v) is 11.4. The number of aliphatic hydroxyl groups excluding tert-OH is 1. The van der Waals surface area contributed by atoms with Crippen molar-refractivity contribution in [2.75, 3.05) is 38.3 Å². The standard InChI is InChI=1S/C12H17N3O2S/c1-9-7-18-11-10(9)13-8-14-12(11)15(3-5-16)4-6-17-2/h7-8,16H,3-6H2,1-2H3. The van der Waals surface area contributed by atoms with E-state index in [0.29, 0.717) is 19.7 Å². The van der Waals surface area contributed by atoms with E-state index in [2.05, 4.69) is 15.3 Å². The summed E-state index contributed by atoms with van der Waals surface area (Å²) >= 11 is 1.64. The SMILES string of the molecule is COCCN(CCO)c1ncnc2c(C)csc12. The van der Waals surface area contributed by atoms with Crippen molar-refractivity contribution in [3.63, 3.8) is 0 Å². The van der Waals surface area contributed by atoms with Gasteiger partial charge in [-0.1, -0.05) is 0 Å². The highest BCUT2D eigenvalue weighted by atomic mass is 32.1. The summed E-state index contributed by atoms with van der Waals surface area (Å²) in [5, 5.41) is 11.2. The molecule has 0 aromatic carbocycles. The van der Waals surface area contributed by atoms with Gasteiger partial charge in [0.1, 0.15) is 12.1 Å². The lowest BCUT2D eigenvalue weighted by molar-refractivity contribution is 0.202. The fraction of sp³-hybridized carbons (Fsp3) is 0.500. The third kappa shape index (κ3) is 2.60. The lowest BCUT2D eigenvalue weighted by Crippen LogP contribution is -2.31. The predicted molar refractivity (Wildman–Crippen MR) is 73.3 cm³/mol. The molecule has 0 unspecified atom stereocenters. The summed E-state index contributed by atoms with van der Waals surface area (Å²) in [6, 6.07) is 0. The fourth-order valence-corrected chi connectivity index (χ4v) is 2.85. The van der Waals surface area contributed by atoms with Crippen LogP contribution in [0.2, 0.25) is 0 Å². The van der Waals surface area contributed by atoms with Crippen molar-refractivity contribution in [1.82, 2.24) is 9.97 Å². The molecule has 0 bridgehead atoms. The Labute approximate surface area is 110 Å². The number of hydrogen-bond donors (Lipinski definition) is 1. The van der Waals surface area contributed by atoms with E-state index in [-0.39, 0.29) is 6.61 Å². The maximum absolute atomic E-state index is 9.15. The van der Waals surface area contributed by atoms with E-state index in [1.165, 1.54) is 0 Å². The molecule has 0 aliphatic heterocycles. The predicted octanol–water partition coefficient (Wildman–Crippen LogP) is 1.44. The Morgan fingerprint density at radius 1 is 1.39 bits per heavy atom. The Morgan fingerprint density at radius 3 is 2.94 bits per heavy atom. The normalized spacial score (nSPS) is 11.1. The van der Waals surface area contributed by atoms with Crippen LogP contribution in [0, 0.1) is 6.92 Å². The number of rotatable bonds is 6. The van der Waals surface area contributed by atoms with Crippen LogP contribution >= 0.6 is 11.3 Å². The highest BCUT2D eigenvalue weighted by Gasteiger charge is 2.14. The van der Waals surface area contributed by atoms with Gasteiger partial charge in [0, 0.05) is 20.2 Å². The molecular weight excluding hydrogens is 250 g/mol. The number of fused-ring (bicyclic) bond motifs is 1. The first-order valence-corrected chi connectivity index (χ1v) is 6.69. The Bertz CT molecular complexity index is 515. The molecule has 6 heteroatoms. The molecule has 0 atom stereocenters. The minimum atomic E-state index is 0.0968. The van der Waals surface area contributed by atoms with Crippen LogP contribution in [0.4, 0.5) is 5.82 Å². The second-order valence-electron chi connectivity index (χ2n) is 4.00. The van der Waals surface area contributed by atoms with E-state index in [9.17, 15) is 0 Å². The van der Waals surface area contributed by atoms with Crippen molar-refractivity contribution in [3.05, 3.63) is 17.3 Å². The number of ether oxygens (including phenoxy) is 1. The minimum absolute atomic E-state index is 0.0968. The number of methoxy groups -OCH3 is 1. The number of aromatic nitrogens is 2. The van der Waals surface area contributed by atoms with Crippen molar-refractivity contribution in [2.45, 2.75) is 6.92 Å². The lowest BCUT2D eigenvalue weighted by Gasteiger charge is -2.22. The third-order valence-corrected chi connectivity index (χ3v) is 3.83. The van der Waals surface area contributed by atoms with Gasteiger partial charge in [0.2, 0.25) is 0 Å². The number of nitrogens with zero attached hydrogens (tertiary/aromatic N) is 3. The third-order valence-electron chi connectivity index (χ3n) is 2.75.